The first-order chi connectivity index (χ1) is 14.5. The van der Waals surface area contributed by atoms with E-state index in [-0.39, 0.29) is 19.7 Å². The molecule has 0 radical (unpaired) electrons. The third-order valence-electron chi connectivity index (χ3n) is 4.40. The Kier molecular flexibility index (Phi) is 5.07. The first-order valence-electron chi connectivity index (χ1n) is 8.46. The second kappa shape index (κ2) is 7.36. The zero-order valence-corrected chi connectivity index (χ0v) is 17.5. The SMILES string of the molecule is O=C1c2ccccc2C(=O)N1c1ccc(NS(=O)(=O)c2ccc(Cl)s2)cc1C(F)(F)F. The monoisotopic (exact) mass is 486 g/mol. The quantitative estimate of drug-likeness (QED) is 0.525. The number of thiophene rings is 1. The van der Waals surface area contributed by atoms with Gasteiger partial charge in [-0.2, -0.15) is 13.2 Å². The van der Waals surface area contributed by atoms with Gasteiger partial charge >= 0.3 is 6.18 Å². The average molecular weight is 487 g/mol. The van der Waals surface area contributed by atoms with E-state index in [2.05, 4.69) is 4.72 Å². The second-order valence-electron chi connectivity index (χ2n) is 6.39. The molecule has 1 N–H and O–H groups in total. The molecule has 31 heavy (non-hydrogen) atoms. The minimum Gasteiger partial charge on any atom is -0.279 e. The van der Waals surface area contributed by atoms with Gasteiger partial charge in [0.25, 0.3) is 21.8 Å². The Morgan fingerprint density at radius 1 is 0.935 bits per heavy atom. The highest BCUT2D eigenvalue weighted by Gasteiger charge is 2.42. The van der Waals surface area contributed by atoms with Crippen molar-refractivity contribution < 1.29 is 31.2 Å². The molecule has 0 spiro atoms. The number of carbonyl (C=O) groups excluding carboxylic acids is 2. The highest BCUT2D eigenvalue weighted by Crippen LogP contribution is 2.41. The summed E-state index contributed by atoms with van der Waals surface area (Å²) in [6.07, 6.45) is -4.97. The molecule has 1 aliphatic heterocycles. The fourth-order valence-corrected chi connectivity index (χ4v) is 5.61. The lowest BCUT2D eigenvalue weighted by atomic mass is 10.1. The molecule has 0 unspecified atom stereocenters. The van der Waals surface area contributed by atoms with Gasteiger partial charge in [-0.1, -0.05) is 23.7 Å². The van der Waals surface area contributed by atoms with Crippen molar-refractivity contribution in [2.45, 2.75) is 10.4 Å². The maximum Gasteiger partial charge on any atom is 0.418 e. The molecule has 0 aliphatic carbocycles. The number of fused-ring (bicyclic) bond motifs is 1. The lowest BCUT2D eigenvalue weighted by Crippen LogP contribution is -2.31. The Morgan fingerprint density at radius 2 is 1.55 bits per heavy atom. The van der Waals surface area contributed by atoms with Crippen molar-refractivity contribution in [2.24, 2.45) is 0 Å². The van der Waals surface area contributed by atoms with E-state index in [1.807, 2.05) is 0 Å². The first-order valence-corrected chi connectivity index (χ1v) is 11.1. The second-order valence-corrected chi connectivity index (χ2v) is 10.0. The number of hydrogen-bond donors (Lipinski definition) is 1. The fraction of sp³-hybridized carbons (Fsp3) is 0.0526. The van der Waals surface area contributed by atoms with Crippen molar-refractivity contribution in [3.8, 4) is 0 Å². The first kappa shape index (κ1) is 21.3. The van der Waals surface area contributed by atoms with Crippen LogP contribution >= 0.6 is 22.9 Å². The van der Waals surface area contributed by atoms with Gasteiger partial charge in [-0.15, -0.1) is 11.3 Å². The number of anilines is 2. The fourth-order valence-electron chi connectivity index (χ4n) is 3.08. The molecule has 4 rings (SSSR count). The summed E-state index contributed by atoms with van der Waals surface area (Å²) < 4.78 is 68.2. The molecule has 3 aromatic rings. The van der Waals surface area contributed by atoms with E-state index in [0.717, 1.165) is 23.5 Å². The molecular formula is C19H10ClF3N2O4S2. The van der Waals surface area contributed by atoms with Crippen LogP contribution in [0.3, 0.4) is 0 Å². The molecule has 0 saturated heterocycles. The molecular weight excluding hydrogens is 477 g/mol. The number of nitrogens with zero attached hydrogens (tertiary/aromatic N) is 1. The van der Waals surface area contributed by atoms with Crippen LogP contribution in [0.15, 0.2) is 58.8 Å². The number of benzene rings is 2. The van der Waals surface area contributed by atoms with Gasteiger partial charge in [0.15, 0.2) is 0 Å². The van der Waals surface area contributed by atoms with E-state index in [1.165, 1.54) is 36.4 Å². The summed E-state index contributed by atoms with van der Waals surface area (Å²) in [5.41, 5.74) is -2.45. The molecule has 1 aromatic heterocycles. The summed E-state index contributed by atoms with van der Waals surface area (Å²) in [5.74, 6) is -1.79. The maximum absolute atomic E-state index is 13.8. The maximum atomic E-state index is 13.8. The average Bonchev–Trinajstić information content (AvgIpc) is 3.24. The molecule has 12 heteroatoms. The molecule has 0 bridgehead atoms. The molecule has 0 fully saturated rings. The van der Waals surface area contributed by atoms with Gasteiger partial charge in [0.2, 0.25) is 0 Å². The molecule has 0 atom stereocenters. The number of halogens is 4. The van der Waals surface area contributed by atoms with Gasteiger partial charge in [-0.25, -0.2) is 13.3 Å². The smallest absolute Gasteiger partial charge is 0.279 e. The standard InChI is InChI=1S/C19H10ClF3N2O4S2/c20-15-7-8-16(30-15)31(28,29)24-10-5-6-14(13(9-10)19(21,22)23)25-17(26)11-3-1-2-4-12(11)18(25)27/h1-9,24H. The van der Waals surface area contributed by atoms with E-state index < -0.39 is 45.0 Å². The highest BCUT2D eigenvalue weighted by atomic mass is 35.5. The normalized spacial score (nSPS) is 14.1. The summed E-state index contributed by atoms with van der Waals surface area (Å²) in [4.78, 5) is 25.6. The van der Waals surface area contributed by atoms with Crippen LogP contribution in [0.2, 0.25) is 4.34 Å². The Labute approximate surface area is 182 Å². The Morgan fingerprint density at radius 3 is 2.06 bits per heavy atom. The topological polar surface area (TPSA) is 83.6 Å². The molecule has 160 valence electrons. The molecule has 0 saturated carbocycles. The molecule has 2 heterocycles. The molecule has 2 amide bonds. The largest absolute Gasteiger partial charge is 0.418 e. The van der Waals surface area contributed by atoms with E-state index >= 15 is 0 Å². The van der Waals surface area contributed by atoms with E-state index in [4.69, 9.17) is 11.6 Å². The van der Waals surface area contributed by atoms with Crippen molar-refractivity contribution >= 4 is 56.2 Å². The molecule has 1 aliphatic rings. The van der Waals surface area contributed by atoms with Gasteiger partial charge in [-0.3, -0.25) is 14.3 Å². The van der Waals surface area contributed by atoms with Gasteiger partial charge in [0.1, 0.15) is 4.21 Å². The predicted molar refractivity (Wildman–Crippen MR) is 109 cm³/mol. The van der Waals surface area contributed by atoms with Crippen LogP contribution in [0.1, 0.15) is 26.3 Å². The van der Waals surface area contributed by atoms with E-state index in [1.54, 1.807) is 0 Å². The van der Waals surface area contributed by atoms with Crippen LogP contribution in [0.5, 0.6) is 0 Å². The van der Waals surface area contributed by atoms with Crippen molar-refractivity contribution in [3.63, 3.8) is 0 Å². The Hall–Kier alpha value is -2.89. The zero-order chi connectivity index (χ0) is 22.6. The summed E-state index contributed by atoms with van der Waals surface area (Å²) in [5, 5.41) is 0. The molecule has 6 nitrogen and oxygen atoms in total. The number of sulfonamides is 1. The predicted octanol–water partition coefficient (Wildman–Crippen LogP) is 5.02. The summed E-state index contributed by atoms with van der Waals surface area (Å²) in [7, 11) is -4.18. The highest BCUT2D eigenvalue weighted by molar-refractivity contribution is 7.94. The molecule has 2 aromatic carbocycles. The van der Waals surface area contributed by atoms with Crippen LogP contribution in [0.25, 0.3) is 0 Å². The number of imide groups is 1. The van der Waals surface area contributed by atoms with E-state index in [0.29, 0.717) is 11.0 Å². The third kappa shape index (κ3) is 3.80. The number of carbonyl (C=O) groups is 2. The summed E-state index contributed by atoms with van der Waals surface area (Å²) in [6, 6.07) is 10.7. The number of rotatable bonds is 4. The van der Waals surface area contributed by atoms with Crippen molar-refractivity contribution in [2.75, 3.05) is 9.62 Å². The summed E-state index contributed by atoms with van der Waals surface area (Å²) >= 11 is 6.46. The van der Waals surface area contributed by atoms with Crippen LogP contribution in [-0.2, 0) is 16.2 Å². The lowest BCUT2D eigenvalue weighted by Gasteiger charge is -2.21. The Bertz CT molecular complexity index is 1300. The number of amides is 2. The lowest BCUT2D eigenvalue weighted by molar-refractivity contribution is -0.137. The number of hydrogen-bond acceptors (Lipinski definition) is 5. The van der Waals surface area contributed by atoms with Crippen LogP contribution in [0.4, 0.5) is 24.5 Å². The van der Waals surface area contributed by atoms with E-state index in [9.17, 15) is 31.2 Å². The summed E-state index contributed by atoms with van der Waals surface area (Å²) in [6.45, 7) is 0. The van der Waals surface area contributed by atoms with Crippen molar-refractivity contribution in [3.05, 3.63) is 75.6 Å². The van der Waals surface area contributed by atoms with Gasteiger partial charge in [0.05, 0.1) is 26.7 Å². The minimum atomic E-state index is -4.97. The van der Waals surface area contributed by atoms with Crippen molar-refractivity contribution in [1.82, 2.24) is 0 Å². The minimum absolute atomic E-state index is 0.0139. The van der Waals surface area contributed by atoms with Gasteiger partial charge in [0, 0.05) is 5.69 Å². The van der Waals surface area contributed by atoms with Gasteiger partial charge in [-0.05, 0) is 42.5 Å². The number of alkyl halides is 3. The van der Waals surface area contributed by atoms with Gasteiger partial charge < -0.3 is 0 Å². The van der Waals surface area contributed by atoms with Crippen LogP contribution in [0, 0.1) is 0 Å². The zero-order valence-electron chi connectivity index (χ0n) is 15.1. The van der Waals surface area contributed by atoms with Crippen molar-refractivity contribution in [1.29, 1.82) is 0 Å². The Balaban J connectivity index is 1.76. The van der Waals surface area contributed by atoms with Crippen LogP contribution < -0.4 is 9.62 Å². The third-order valence-corrected chi connectivity index (χ3v) is 7.51. The number of nitrogens with one attached hydrogen (secondary N) is 1. The van der Waals surface area contributed by atoms with Crippen LogP contribution in [-0.4, -0.2) is 20.2 Å².